The van der Waals surface area contributed by atoms with E-state index in [4.69, 9.17) is 34.8 Å². The van der Waals surface area contributed by atoms with Crippen LogP contribution in [-0.4, -0.2) is 16.1 Å². The number of rotatable bonds is 5. The zero-order chi connectivity index (χ0) is 18.7. The fourth-order valence-corrected chi connectivity index (χ4v) is 3.37. The van der Waals surface area contributed by atoms with Crippen LogP contribution in [0.3, 0.4) is 0 Å². The standard InChI is InChI=1S/C16H9Cl3N4O2S/c17-11-5-10(15(19)13(18)6-11)7-20-22-16-21-14(8-26-16)9-1-3-12(4-2-9)23(24)25/h1-8H,(H,21,22). The number of nitro benzene ring substituents is 1. The minimum Gasteiger partial charge on any atom is -0.258 e. The number of hydrogen-bond acceptors (Lipinski definition) is 6. The van der Waals surface area contributed by atoms with Gasteiger partial charge in [0.1, 0.15) is 0 Å². The maximum Gasteiger partial charge on any atom is 0.269 e. The molecule has 0 saturated carbocycles. The van der Waals surface area contributed by atoms with E-state index in [1.807, 2.05) is 5.38 Å². The highest BCUT2D eigenvalue weighted by Crippen LogP contribution is 2.29. The molecule has 0 bridgehead atoms. The number of thiazole rings is 1. The highest BCUT2D eigenvalue weighted by Gasteiger charge is 2.08. The third-order valence-electron chi connectivity index (χ3n) is 3.26. The third kappa shape index (κ3) is 4.31. The van der Waals surface area contributed by atoms with Gasteiger partial charge in [0.25, 0.3) is 5.69 Å². The predicted molar refractivity (Wildman–Crippen MR) is 107 cm³/mol. The zero-order valence-electron chi connectivity index (χ0n) is 12.8. The Morgan fingerprint density at radius 1 is 1.19 bits per heavy atom. The van der Waals surface area contributed by atoms with Crippen molar-refractivity contribution in [2.45, 2.75) is 0 Å². The van der Waals surface area contributed by atoms with E-state index >= 15 is 0 Å². The molecule has 26 heavy (non-hydrogen) atoms. The van der Waals surface area contributed by atoms with Gasteiger partial charge in [-0.05, 0) is 24.3 Å². The molecule has 1 aromatic heterocycles. The first-order chi connectivity index (χ1) is 12.4. The maximum atomic E-state index is 10.7. The largest absolute Gasteiger partial charge is 0.269 e. The molecular formula is C16H9Cl3N4O2S. The van der Waals surface area contributed by atoms with Crippen molar-refractivity contribution < 1.29 is 4.92 Å². The molecule has 10 heteroatoms. The van der Waals surface area contributed by atoms with Gasteiger partial charge in [-0.25, -0.2) is 4.98 Å². The number of benzene rings is 2. The van der Waals surface area contributed by atoms with E-state index in [-0.39, 0.29) is 5.69 Å². The summed E-state index contributed by atoms with van der Waals surface area (Å²) in [6.45, 7) is 0. The highest BCUT2D eigenvalue weighted by atomic mass is 35.5. The van der Waals surface area contributed by atoms with Crippen LogP contribution in [0.4, 0.5) is 10.8 Å². The van der Waals surface area contributed by atoms with Gasteiger partial charge in [0.2, 0.25) is 5.13 Å². The molecule has 0 saturated heterocycles. The molecule has 0 aliphatic rings. The Labute approximate surface area is 167 Å². The molecule has 3 rings (SSSR count). The average molecular weight is 428 g/mol. The molecule has 0 radical (unpaired) electrons. The lowest BCUT2D eigenvalue weighted by Gasteiger charge is -2.01. The Bertz CT molecular complexity index is 990. The zero-order valence-corrected chi connectivity index (χ0v) is 15.9. The molecule has 0 unspecified atom stereocenters. The van der Waals surface area contributed by atoms with Crippen molar-refractivity contribution in [2.24, 2.45) is 5.10 Å². The maximum absolute atomic E-state index is 10.7. The van der Waals surface area contributed by atoms with Gasteiger partial charge in [0.05, 0.1) is 26.9 Å². The van der Waals surface area contributed by atoms with E-state index in [1.54, 1.807) is 24.3 Å². The molecule has 0 amide bonds. The van der Waals surface area contributed by atoms with Gasteiger partial charge in [0, 0.05) is 33.7 Å². The van der Waals surface area contributed by atoms with Crippen LogP contribution in [0.2, 0.25) is 15.1 Å². The molecule has 1 heterocycles. The monoisotopic (exact) mass is 426 g/mol. The second kappa shape index (κ2) is 8.01. The molecular weight excluding hydrogens is 419 g/mol. The Hall–Kier alpha value is -2.19. The first-order valence-corrected chi connectivity index (χ1v) is 9.09. The fraction of sp³-hybridized carbons (Fsp3) is 0. The number of non-ortho nitro benzene ring substituents is 1. The Kier molecular flexibility index (Phi) is 5.73. The number of nitrogens with one attached hydrogen (secondary N) is 1. The summed E-state index contributed by atoms with van der Waals surface area (Å²) in [4.78, 5) is 14.6. The first kappa shape index (κ1) is 18.6. The molecule has 0 aliphatic heterocycles. The quantitative estimate of drug-likeness (QED) is 0.230. The SMILES string of the molecule is O=[N+]([O-])c1ccc(-c2csc(NN=Cc3cc(Cl)cc(Cl)c3Cl)n2)cc1. The van der Waals surface area contributed by atoms with Crippen molar-refractivity contribution in [2.75, 3.05) is 5.43 Å². The summed E-state index contributed by atoms with van der Waals surface area (Å²) in [7, 11) is 0. The topological polar surface area (TPSA) is 80.4 Å². The molecule has 1 N–H and O–H groups in total. The number of nitrogens with zero attached hydrogens (tertiary/aromatic N) is 3. The van der Waals surface area contributed by atoms with Crippen LogP contribution in [0.1, 0.15) is 5.56 Å². The van der Waals surface area contributed by atoms with Crippen molar-refractivity contribution in [3.63, 3.8) is 0 Å². The van der Waals surface area contributed by atoms with Gasteiger partial charge < -0.3 is 0 Å². The van der Waals surface area contributed by atoms with Gasteiger partial charge in [-0.2, -0.15) is 5.10 Å². The van der Waals surface area contributed by atoms with Crippen molar-refractivity contribution in [1.82, 2.24) is 4.98 Å². The predicted octanol–water partition coefficient (Wildman–Crippen LogP) is 6.12. The fourth-order valence-electron chi connectivity index (χ4n) is 2.04. The molecule has 2 aromatic carbocycles. The van der Waals surface area contributed by atoms with E-state index in [0.717, 1.165) is 5.56 Å². The second-order valence-corrected chi connectivity index (χ2v) is 7.08. The summed E-state index contributed by atoms with van der Waals surface area (Å²) in [5, 5.41) is 18.3. The van der Waals surface area contributed by atoms with Crippen LogP contribution in [0.5, 0.6) is 0 Å². The highest BCUT2D eigenvalue weighted by molar-refractivity contribution is 7.14. The smallest absolute Gasteiger partial charge is 0.258 e. The van der Waals surface area contributed by atoms with Gasteiger partial charge in [-0.15, -0.1) is 11.3 Å². The van der Waals surface area contributed by atoms with Crippen LogP contribution >= 0.6 is 46.1 Å². The van der Waals surface area contributed by atoms with Crippen molar-refractivity contribution >= 4 is 63.2 Å². The minimum absolute atomic E-state index is 0.0315. The van der Waals surface area contributed by atoms with Crippen LogP contribution < -0.4 is 5.43 Å². The summed E-state index contributed by atoms with van der Waals surface area (Å²) in [5.74, 6) is 0. The van der Waals surface area contributed by atoms with Gasteiger partial charge >= 0.3 is 0 Å². The molecule has 3 aromatic rings. The van der Waals surface area contributed by atoms with Gasteiger partial charge in [-0.3, -0.25) is 15.5 Å². The van der Waals surface area contributed by atoms with Crippen LogP contribution in [-0.2, 0) is 0 Å². The number of anilines is 1. The average Bonchev–Trinajstić information content (AvgIpc) is 3.08. The van der Waals surface area contributed by atoms with E-state index in [2.05, 4.69) is 15.5 Å². The van der Waals surface area contributed by atoms with E-state index in [1.165, 1.54) is 29.7 Å². The van der Waals surface area contributed by atoms with Gasteiger partial charge in [0.15, 0.2) is 0 Å². The Balaban J connectivity index is 1.72. The summed E-state index contributed by atoms with van der Waals surface area (Å²) >= 11 is 19.3. The van der Waals surface area contributed by atoms with Crippen molar-refractivity contribution in [3.05, 3.63) is 72.5 Å². The molecule has 0 aliphatic carbocycles. The molecule has 6 nitrogen and oxygen atoms in total. The lowest BCUT2D eigenvalue weighted by atomic mass is 10.1. The number of halogens is 3. The van der Waals surface area contributed by atoms with Crippen molar-refractivity contribution in [3.8, 4) is 11.3 Å². The molecule has 0 atom stereocenters. The molecule has 0 fully saturated rings. The summed E-state index contributed by atoms with van der Waals surface area (Å²) in [6, 6.07) is 9.36. The summed E-state index contributed by atoms with van der Waals surface area (Å²) < 4.78 is 0. The molecule has 0 spiro atoms. The van der Waals surface area contributed by atoms with Crippen molar-refractivity contribution in [1.29, 1.82) is 0 Å². The Morgan fingerprint density at radius 3 is 2.62 bits per heavy atom. The number of hydrazone groups is 1. The Morgan fingerprint density at radius 2 is 1.92 bits per heavy atom. The third-order valence-corrected chi connectivity index (χ3v) is 5.04. The first-order valence-electron chi connectivity index (χ1n) is 7.08. The lowest BCUT2D eigenvalue weighted by Crippen LogP contribution is -1.92. The summed E-state index contributed by atoms with van der Waals surface area (Å²) in [5.41, 5.74) is 4.87. The lowest BCUT2D eigenvalue weighted by molar-refractivity contribution is -0.384. The van der Waals surface area contributed by atoms with E-state index in [9.17, 15) is 10.1 Å². The number of aromatic nitrogens is 1. The van der Waals surface area contributed by atoms with E-state index in [0.29, 0.717) is 31.5 Å². The second-order valence-electron chi connectivity index (χ2n) is 5.00. The van der Waals surface area contributed by atoms with Crippen LogP contribution in [0, 0.1) is 10.1 Å². The normalized spacial score (nSPS) is 11.0. The molecule has 132 valence electrons. The summed E-state index contributed by atoms with van der Waals surface area (Å²) in [6.07, 6.45) is 1.49. The van der Waals surface area contributed by atoms with Crippen LogP contribution in [0.25, 0.3) is 11.3 Å². The minimum atomic E-state index is -0.445. The van der Waals surface area contributed by atoms with E-state index < -0.39 is 4.92 Å². The number of hydrogen-bond donors (Lipinski definition) is 1. The van der Waals surface area contributed by atoms with Crippen LogP contribution in [0.15, 0.2) is 46.9 Å². The number of nitro groups is 1. The van der Waals surface area contributed by atoms with Gasteiger partial charge in [-0.1, -0.05) is 34.8 Å².